The first-order valence-corrected chi connectivity index (χ1v) is 7.50. The van der Waals surface area contributed by atoms with Gasteiger partial charge in [0.05, 0.1) is 5.69 Å². The Morgan fingerprint density at radius 2 is 1.95 bits per heavy atom. The summed E-state index contributed by atoms with van der Waals surface area (Å²) >= 11 is 0. The molecule has 106 valence electrons. The second-order valence-electron chi connectivity index (χ2n) is 5.59. The van der Waals surface area contributed by atoms with Gasteiger partial charge in [-0.1, -0.05) is 37.1 Å². The molecule has 1 aromatic heterocycles. The Morgan fingerprint density at radius 1 is 1.15 bits per heavy atom. The summed E-state index contributed by atoms with van der Waals surface area (Å²) in [5.74, 6) is 1.00. The van der Waals surface area contributed by atoms with E-state index in [4.69, 9.17) is 5.73 Å². The molecule has 1 saturated heterocycles. The topological polar surface area (TPSA) is 55.0 Å². The van der Waals surface area contributed by atoms with Crippen molar-refractivity contribution in [1.29, 1.82) is 0 Å². The predicted octanol–water partition coefficient (Wildman–Crippen LogP) is 2.65. The monoisotopic (exact) mass is 270 g/mol. The molecule has 20 heavy (non-hydrogen) atoms. The minimum Gasteiger partial charge on any atom is -0.350 e. The zero-order valence-corrected chi connectivity index (χ0v) is 12.0. The van der Waals surface area contributed by atoms with Gasteiger partial charge in [-0.25, -0.2) is 0 Å². The minimum atomic E-state index is 0.387. The number of nitrogens with two attached hydrogens (primary N) is 1. The van der Waals surface area contributed by atoms with E-state index in [1.807, 2.05) is 6.92 Å². The smallest absolute Gasteiger partial charge is 0.159 e. The zero-order valence-electron chi connectivity index (χ0n) is 12.0. The van der Waals surface area contributed by atoms with Crippen LogP contribution in [0.5, 0.6) is 0 Å². The summed E-state index contributed by atoms with van der Waals surface area (Å²) in [6.07, 6.45) is 4.90. The Morgan fingerprint density at radius 3 is 2.75 bits per heavy atom. The van der Waals surface area contributed by atoms with E-state index in [0.29, 0.717) is 12.6 Å². The Labute approximate surface area is 120 Å². The van der Waals surface area contributed by atoms with Crippen LogP contribution < -0.4 is 10.6 Å². The molecule has 4 heteroatoms. The van der Waals surface area contributed by atoms with Crippen LogP contribution in [0.2, 0.25) is 0 Å². The first kappa shape index (κ1) is 13.3. The molecule has 2 heterocycles. The van der Waals surface area contributed by atoms with E-state index in [-0.39, 0.29) is 0 Å². The normalized spacial score (nSPS) is 20.1. The first-order valence-electron chi connectivity index (χ1n) is 7.50. The molecular formula is C16H22N4. The summed E-state index contributed by atoms with van der Waals surface area (Å²) in [5, 5.41) is 11.2. The second kappa shape index (κ2) is 5.75. The Kier molecular flexibility index (Phi) is 3.83. The van der Waals surface area contributed by atoms with Crippen molar-refractivity contribution in [1.82, 2.24) is 10.2 Å². The molecule has 0 amide bonds. The number of fused-ring (bicyclic) bond motifs is 1. The van der Waals surface area contributed by atoms with Crippen molar-refractivity contribution in [2.75, 3.05) is 18.0 Å². The number of benzene rings is 1. The number of aromatic nitrogens is 2. The van der Waals surface area contributed by atoms with Crippen molar-refractivity contribution >= 4 is 16.6 Å². The van der Waals surface area contributed by atoms with Crippen molar-refractivity contribution in [2.45, 2.75) is 38.6 Å². The van der Waals surface area contributed by atoms with Gasteiger partial charge >= 0.3 is 0 Å². The van der Waals surface area contributed by atoms with Gasteiger partial charge in [0.15, 0.2) is 5.82 Å². The Balaban J connectivity index is 2.10. The van der Waals surface area contributed by atoms with E-state index in [9.17, 15) is 0 Å². The standard InChI is InChI=1S/C16H22N4/c1-12-14-8-4-5-9-15(14)16(19-18-12)20-10-6-2-3-7-13(20)11-17/h4-5,8-9,13H,2-3,6-7,10-11,17H2,1H3. The summed E-state index contributed by atoms with van der Waals surface area (Å²) in [6, 6.07) is 8.78. The highest BCUT2D eigenvalue weighted by atomic mass is 15.3. The molecule has 0 saturated carbocycles. The maximum Gasteiger partial charge on any atom is 0.159 e. The van der Waals surface area contributed by atoms with Gasteiger partial charge in [-0.3, -0.25) is 0 Å². The van der Waals surface area contributed by atoms with E-state index in [2.05, 4.69) is 39.4 Å². The van der Waals surface area contributed by atoms with Gasteiger partial charge in [0.1, 0.15) is 0 Å². The predicted molar refractivity (Wildman–Crippen MR) is 82.9 cm³/mol. The summed E-state index contributed by atoms with van der Waals surface area (Å²) in [4.78, 5) is 2.38. The number of aryl methyl sites for hydroxylation is 1. The molecule has 0 radical (unpaired) electrons. The molecule has 1 atom stereocenters. The molecule has 1 unspecified atom stereocenters. The molecule has 0 aliphatic carbocycles. The van der Waals surface area contributed by atoms with Crippen LogP contribution in [-0.2, 0) is 0 Å². The second-order valence-corrected chi connectivity index (χ2v) is 5.59. The van der Waals surface area contributed by atoms with Gasteiger partial charge in [-0.05, 0) is 19.8 Å². The summed E-state index contributed by atoms with van der Waals surface area (Å²) in [5.41, 5.74) is 6.97. The quantitative estimate of drug-likeness (QED) is 0.911. The van der Waals surface area contributed by atoms with Crippen molar-refractivity contribution in [3.8, 4) is 0 Å². The average molecular weight is 270 g/mol. The number of hydrogen-bond donors (Lipinski definition) is 1. The average Bonchev–Trinajstić information content (AvgIpc) is 2.73. The largest absolute Gasteiger partial charge is 0.350 e. The van der Waals surface area contributed by atoms with Crippen LogP contribution in [0.25, 0.3) is 10.8 Å². The van der Waals surface area contributed by atoms with E-state index in [0.717, 1.165) is 24.5 Å². The van der Waals surface area contributed by atoms with E-state index < -0.39 is 0 Å². The van der Waals surface area contributed by atoms with Crippen LogP contribution in [0.1, 0.15) is 31.4 Å². The van der Waals surface area contributed by atoms with Gasteiger partial charge in [-0.2, -0.15) is 5.10 Å². The van der Waals surface area contributed by atoms with E-state index >= 15 is 0 Å². The van der Waals surface area contributed by atoms with Gasteiger partial charge in [0, 0.05) is 29.9 Å². The zero-order chi connectivity index (χ0) is 13.9. The highest BCUT2D eigenvalue weighted by Gasteiger charge is 2.23. The van der Waals surface area contributed by atoms with Crippen molar-refractivity contribution in [3.63, 3.8) is 0 Å². The van der Waals surface area contributed by atoms with Crippen LogP contribution >= 0.6 is 0 Å². The lowest BCUT2D eigenvalue weighted by Crippen LogP contribution is -2.41. The maximum absolute atomic E-state index is 5.98. The Hall–Kier alpha value is -1.68. The van der Waals surface area contributed by atoms with Crippen molar-refractivity contribution < 1.29 is 0 Å². The molecular weight excluding hydrogens is 248 g/mol. The van der Waals surface area contributed by atoms with Crippen LogP contribution in [0.15, 0.2) is 24.3 Å². The number of nitrogens with zero attached hydrogens (tertiary/aromatic N) is 3. The SMILES string of the molecule is Cc1nnc(N2CCCCCC2CN)c2ccccc12. The third-order valence-corrected chi connectivity index (χ3v) is 4.27. The molecule has 2 aromatic rings. The fourth-order valence-electron chi connectivity index (χ4n) is 3.14. The number of hydrogen-bond acceptors (Lipinski definition) is 4. The van der Waals surface area contributed by atoms with E-state index in [1.54, 1.807) is 0 Å². The molecule has 1 aromatic carbocycles. The van der Waals surface area contributed by atoms with Crippen LogP contribution in [-0.4, -0.2) is 29.3 Å². The summed E-state index contributed by atoms with van der Waals surface area (Å²) in [7, 11) is 0. The lowest BCUT2D eigenvalue weighted by Gasteiger charge is -2.30. The molecule has 1 aliphatic rings. The third kappa shape index (κ3) is 2.36. The van der Waals surface area contributed by atoms with Crippen LogP contribution in [0.4, 0.5) is 5.82 Å². The fraction of sp³-hybridized carbons (Fsp3) is 0.500. The van der Waals surface area contributed by atoms with Gasteiger partial charge < -0.3 is 10.6 Å². The third-order valence-electron chi connectivity index (χ3n) is 4.27. The molecule has 0 spiro atoms. The van der Waals surface area contributed by atoms with Gasteiger partial charge in [0.2, 0.25) is 0 Å². The number of anilines is 1. The lowest BCUT2D eigenvalue weighted by atomic mass is 10.1. The van der Waals surface area contributed by atoms with Crippen LogP contribution in [0.3, 0.4) is 0 Å². The molecule has 2 N–H and O–H groups in total. The highest BCUT2D eigenvalue weighted by molar-refractivity contribution is 5.93. The number of rotatable bonds is 2. The van der Waals surface area contributed by atoms with Gasteiger partial charge in [-0.15, -0.1) is 5.10 Å². The molecule has 1 aliphatic heterocycles. The summed E-state index contributed by atoms with van der Waals surface area (Å²) < 4.78 is 0. The molecule has 1 fully saturated rings. The van der Waals surface area contributed by atoms with Crippen molar-refractivity contribution in [2.24, 2.45) is 5.73 Å². The molecule has 3 rings (SSSR count). The fourth-order valence-corrected chi connectivity index (χ4v) is 3.14. The van der Waals surface area contributed by atoms with Gasteiger partial charge in [0.25, 0.3) is 0 Å². The lowest BCUT2D eigenvalue weighted by molar-refractivity contribution is 0.575. The summed E-state index contributed by atoms with van der Waals surface area (Å²) in [6.45, 7) is 3.73. The van der Waals surface area contributed by atoms with Crippen molar-refractivity contribution in [3.05, 3.63) is 30.0 Å². The molecule has 4 nitrogen and oxygen atoms in total. The first-order chi connectivity index (χ1) is 9.81. The maximum atomic E-state index is 5.98. The van der Waals surface area contributed by atoms with E-state index in [1.165, 1.54) is 30.0 Å². The molecule has 0 bridgehead atoms. The minimum absolute atomic E-state index is 0.387. The van der Waals surface area contributed by atoms with Crippen LogP contribution in [0, 0.1) is 6.92 Å². The highest BCUT2D eigenvalue weighted by Crippen LogP contribution is 2.29. The Bertz CT molecular complexity index is 596.